The van der Waals surface area contributed by atoms with E-state index in [0.717, 1.165) is 13.1 Å². The number of nitrogens with one attached hydrogen (secondary N) is 3. The van der Waals surface area contributed by atoms with Gasteiger partial charge in [0.1, 0.15) is 5.82 Å². The number of nitrogens with zero attached hydrogens (tertiary/aromatic N) is 2. The van der Waals surface area contributed by atoms with E-state index < -0.39 is 10.0 Å². The molecule has 8 nitrogen and oxygen atoms in total. The smallest absolute Gasteiger partial charge is 0.261 e. The molecule has 0 atom stereocenters. The van der Waals surface area contributed by atoms with Gasteiger partial charge in [-0.15, -0.1) is 0 Å². The molecular weight excluding hydrogens is 354 g/mol. The molecule has 0 bridgehead atoms. The molecule has 0 aliphatic rings. The fourth-order valence-electron chi connectivity index (χ4n) is 2.10. The maximum Gasteiger partial charge on any atom is 0.261 e. The van der Waals surface area contributed by atoms with Crippen LogP contribution in [0.5, 0.6) is 0 Å². The standard InChI is InChI=1S/C17H23N5O3S/c1-13(23)20-14-4-7-16(8-5-14)26(24,25)21-15-6-9-17(19-12-15)18-10-11-22(2)3/h4-9,12,21H,10-11H2,1-3H3,(H,18,19)(H,20,23). The normalized spacial score (nSPS) is 11.2. The lowest BCUT2D eigenvalue weighted by Crippen LogP contribution is -2.21. The molecule has 2 aromatic rings. The molecule has 1 amide bonds. The first-order chi connectivity index (χ1) is 12.3. The average Bonchev–Trinajstić information content (AvgIpc) is 2.56. The van der Waals surface area contributed by atoms with Crippen molar-refractivity contribution < 1.29 is 13.2 Å². The molecule has 0 aliphatic carbocycles. The number of hydrogen-bond acceptors (Lipinski definition) is 6. The SMILES string of the molecule is CC(=O)Nc1ccc(S(=O)(=O)Nc2ccc(NCCN(C)C)nc2)cc1. The zero-order valence-electron chi connectivity index (χ0n) is 15.0. The second-order valence-corrected chi connectivity index (χ2v) is 7.66. The van der Waals surface area contributed by atoms with E-state index in [0.29, 0.717) is 17.2 Å². The number of hydrogen-bond donors (Lipinski definition) is 3. The molecular formula is C17H23N5O3S. The third-order valence-electron chi connectivity index (χ3n) is 3.37. The number of benzene rings is 1. The lowest BCUT2D eigenvalue weighted by atomic mass is 10.3. The van der Waals surface area contributed by atoms with Gasteiger partial charge in [0, 0.05) is 25.7 Å². The van der Waals surface area contributed by atoms with Crippen molar-refractivity contribution in [2.75, 3.05) is 42.5 Å². The van der Waals surface area contributed by atoms with E-state index in [2.05, 4.69) is 20.3 Å². The van der Waals surface area contributed by atoms with Gasteiger partial charge in [-0.3, -0.25) is 9.52 Å². The van der Waals surface area contributed by atoms with Crippen molar-refractivity contribution in [2.24, 2.45) is 0 Å². The second kappa shape index (κ2) is 8.63. The van der Waals surface area contributed by atoms with Gasteiger partial charge in [-0.25, -0.2) is 13.4 Å². The van der Waals surface area contributed by atoms with Crippen molar-refractivity contribution in [3.05, 3.63) is 42.6 Å². The molecule has 0 spiro atoms. The summed E-state index contributed by atoms with van der Waals surface area (Å²) in [5.74, 6) is 0.457. The van der Waals surface area contributed by atoms with Gasteiger partial charge < -0.3 is 15.5 Å². The summed E-state index contributed by atoms with van der Waals surface area (Å²) in [6.45, 7) is 2.99. The molecule has 1 heterocycles. The summed E-state index contributed by atoms with van der Waals surface area (Å²) >= 11 is 0. The van der Waals surface area contributed by atoms with E-state index in [9.17, 15) is 13.2 Å². The fourth-order valence-corrected chi connectivity index (χ4v) is 3.14. The highest BCUT2D eigenvalue weighted by molar-refractivity contribution is 7.92. The largest absolute Gasteiger partial charge is 0.369 e. The third kappa shape index (κ3) is 6.01. The van der Waals surface area contributed by atoms with Crippen LogP contribution in [0.4, 0.5) is 17.2 Å². The van der Waals surface area contributed by atoms with Gasteiger partial charge >= 0.3 is 0 Å². The van der Waals surface area contributed by atoms with Crippen LogP contribution in [0.1, 0.15) is 6.92 Å². The lowest BCUT2D eigenvalue weighted by molar-refractivity contribution is -0.114. The molecule has 0 radical (unpaired) electrons. The monoisotopic (exact) mass is 377 g/mol. The number of likely N-dealkylation sites (N-methyl/N-ethyl adjacent to an activating group) is 1. The number of rotatable bonds is 8. The Labute approximate surface area is 153 Å². The van der Waals surface area contributed by atoms with Gasteiger partial charge in [0.2, 0.25) is 5.91 Å². The highest BCUT2D eigenvalue weighted by atomic mass is 32.2. The van der Waals surface area contributed by atoms with Crippen molar-refractivity contribution in [1.82, 2.24) is 9.88 Å². The summed E-state index contributed by atoms with van der Waals surface area (Å²) in [5.41, 5.74) is 0.903. The molecule has 1 aromatic heterocycles. The van der Waals surface area contributed by atoms with Gasteiger partial charge in [-0.05, 0) is 50.5 Å². The Bertz CT molecular complexity index is 834. The number of pyridine rings is 1. The van der Waals surface area contributed by atoms with Crippen molar-refractivity contribution in [3.8, 4) is 0 Å². The second-order valence-electron chi connectivity index (χ2n) is 5.97. The Morgan fingerprint density at radius 1 is 1.08 bits per heavy atom. The van der Waals surface area contributed by atoms with Crippen LogP contribution >= 0.6 is 0 Å². The molecule has 0 fully saturated rings. The number of carbonyl (C=O) groups excluding carboxylic acids is 1. The molecule has 0 saturated heterocycles. The van der Waals surface area contributed by atoms with E-state index in [-0.39, 0.29) is 10.8 Å². The predicted molar refractivity (Wildman–Crippen MR) is 103 cm³/mol. The van der Waals surface area contributed by atoms with Crippen molar-refractivity contribution in [3.63, 3.8) is 0 Å². The number of aromatic nitrogens is 1. The highest BCUT2D eigenvalue weighted by Crippen LogP contribution is 2.18. The molecule has 0 saturated carbocycles. The van der Waals surface area contributed by atoms with Crippen LogP contribution in [0.15, 0.2) is 47.5 Å². The zero-order valence-corrected chi connectivity index (χ0v) is 15.8. The van der Waals surface area contributed by atoms with Crippen LogP contribution in [0, 0.1) is 0 Å². The minimum Gasteiger partial charge on any atom is -0.369 e. The maximum absolute atomic E-state index is 12.4. The van der Waals surface area contributed by atoms with Crippen LogP contribution in [0.2, 0.25) is 0 Å². The Morgan fingerprint density at radius 2 is 1.73 bits per heavy atom. The lowest BCUT2D eigenvalue weighted by Gasteiger charge is -2.12. The Hall–Kier alpha value is -2.65. The zero-order chi connectivity index (χ0) is 19.2. The number of sulfonamides is 1. The summed E-state index contributed by atoms with van der Waals surface area (Å²) in [6.07, 6.45) is 1.46. The summed E-state index contributed by atoms with van der Waals surface area (Å²) in [5, 5.41) is 5.74. The molecule has 0 unspecified atom stereocenters. The van der Waals surface area contributed by atoms with Gasteiger partial charge in [0.25, 0.3) is 10.0 Å². The van der Waals surface area contributed by atoms with Crippen molar-refractivity contribution in [2.45, 2.75) is 11.8 Å². The minimum absolute atomic E-state index is 0.0970. The Kier molecular flexibility index (Phi) is 6.53. The predicted octanol–water partition coefficient (Wildman–Crippen LogP) is 1.81. The first kappa shape index (κ1) is 19.7. The summed E-state index contributed by atoms with van der Waals surface area (Å²) < 4.78 is 27.3. The maximum atomic E-state index is 12.4. The summed E-state index contributed by atoms with van der Waals surface area (Å²) in [4.78, 5) is 17.3. The van der Waals surface area contributed by atoms with Gasteiger partial charge in [0.05, 0.1) is 16.8 Å². The van der Waals surface area contributed by atoms with E-state index in [1.54, 1.807) is 12.1 Å². The molecule has 1 aromatic carbocycles. The topological polar surface area (TPSA) is 103 Å². The fraction of sp³-hybridized carbons (Fsp3) is 0.294. The molecule has 26 heavy (non-hydrogen) atoms. The highest BCUT2D eigenvalue weighted by Gasteiger charge is 2.14. The van der Waals surface area contributed by atoms with Gasteiger partial charge in [0.15, 0.2) is 0 Å². The summed E-state index contributed by atoms with van der Waals surface area (Å²) in [6, 6.07) is 9.29. The summed E-state index contributed by atoms with van der Waals surface area (Å²) in [7, 11) is 0.234. The molecule has 9 heteroatoms. The van der Waals surface area contributed by atoms with E-state index in [1.807, 2.05) is 19.0 Å². The van der Waals surface area contributed by atoms with Crippen LogP contribution < -0.4 is 15.4 Å². The van der Waals surface area contributed by atoms with Crippen LogP contribution in [0.25, 0.3) is 0 Å². The van der Waals surface area contributed by atoms with Crippen LogP contribution in [-0.4, -0.2) is 51.4 Å². The van der Waals surface area contributed by atoms with Crippen molar-refractivity contribution in [1.29, 1.82) is 0 Å². The number of carbonyl (C=O) groups is 1. The van der Waals surface area contributed by atoms with Crippen molar-refractivity contribution >= 4 is 33.1 Å². The molecule has 140 valence electrons. The van der Waals surface area contributed by atoms with Gasteiger partial charge in [-0.2, -0.15) is 0 Å². The number of amides is 1. The average molecular weight is 377 g/mol. The van der Waals surface area contributed by atoms with Gasteiger partial charge in [-0.1, -0.05) is 0 Å². The van der Waals surface area contributed by atoms with E-state index >= 15 is 0 Å². The minimum atomic E-state index is -3.73. The van der Waals surface area contributed by atoms with E-state index in [1.165, 1.54) is 37.4 Å². The molecule has 2 rings (SSSR count). The van der Waals surface area contributed by atoms with Crippen LogP contribution in [-0.2, 0) is 14.8 Å². The van der Waals surface area contributed by atoms with E-state index in [4.69, 9.17) is 0 Å². The first-order valence-corrected chi connectivity index (χ1v) is 9.50. The Balaban J connectivity index is 2.01. The quantitative estimate of drug-likeness (QED) is 0.648. The van der Waals surface area contributed by atoms with Crippen LogP contribution in [0.3, 0.4) is 0 Å². The molecule has 0 aliphatic heterocycles. The first-order valence-electron chi connectivity index (χ1n) is 8.01. The third-order valence-corrected chi connectivity index (χ3v) is 4.76. The Morgan fingerprint density at radius 3 is 2.27 bits per heavy atom. The molecule has 3 N–H and O–H groups in total. The number of anilines is 3.